The molecule has 0 unspecified atom stereocenters. The molecule has 2 aromatic carbocycles. The van der Waals surface area contributed by atoms with Crippen molar-refractivity contribution in [2.45, 2.75) is 6.54 Å². The van der Waals surface area contributed by atoms with E-state index in [0.29, 0.717) is 23.7 Å². The van der Waals surface area contributed by atoms with Crippen LogP contribution in [-0.4, -0.2) is 31.5 Å². The van der Waals surface area contributed by atoms with Gasteiger partial charge in [0.15, 0.2) is 11.5 Å². The zero-order valence-electron chi connectivity index (χ0n) is 13.5. The summed E-state index contributed by atoms with van der Waals surface area (Å²) < 4.78 is 12.3. The Morgan fingerprint density at radius 3 is 2.68 bits per heavy atom. The minimum Gasteiger partial charge on any atom is -0.493 e. The second-order valence-corrected chi connectivity index (χ2v) is 6.76. The molecule has 0 saturated carbocycles. The largest absolute Gasteiger partial charge is 0.493 e. The molecule has 25 heavy (non-hydrogen) atoms. The molecule has 2 rings (SSSR count). The molecule has 0 bridgehead atoms. The number of nitrogens with one attached hydrogen (secondary N) is 2. The first-order chi connectivity index (χ1) is 12.0. The number of aliphatic hydroxyl groups excluding tert-OH is 1. The molecule has 2 aromatic rings. The van der Waals surface area contributed by atoms with E-state index in [2.05, 4.69) is 42.5 Å². The fraction of sp³-hybridized carbons (Fsp3) is 0.235. The number of aliphatic hydroxyl groups is 1. The van der Waals surface area contributed by atoms with Gasteiger partial charge < -0.3 is 25.2 Å². The maximum atomic E-state index is 12.1. The van der Waals surface area contributed by atoms with Crippen molar-refractivity contribution in [1.82, 2.24) is 5.32 Å². The molecule has 0 fully saturated rings. The number of hydrogen-bond donors (Lipinski definition) is 3. The van der Waals surface area contributed by atoms with Crippen LogP contribution in [0.25, 0.3) is 0 Å². The number of carbonyl (C=O) groups is 1. The molecule has 3 N–H and O–H groups in total. The van der Waals surface area contributed by atoms with Crippen molar-refractivity contribution >= 4 is 43.6 Å². The Morgan fingerprint density at radius 2 is 1.96 bits per heavy atom. The molecule has 0 spiro atoms. The third-order valence-electron chi connectivity index (χ3n) is 3.21. The number of carbonyl (C=O) groups excluding carboxylic acids is 1. The molecule has 0 saturated heterocycles. The van der Waals surface area contributed by atoms with Crippen molar-refractivity contribution in [3.8, 4) is 11.5 Å². The van der Waals surface area contributed by atoms with Crippen LogP contribution in [-0.2, 0) is 6.54 Å². The zero-order valence-corrected chi connectivity index (χ0v) is 16.7. The predicted molar refractivity (Wildman–Crippen MR) is 103 cm³/mol. The fourth-order valence-corrected chi connectivity index (χ4v) is 2.75. The van der Waals surface area contributed by atoms with Gasteiger partial charge in [-0.1, -0.05) is 22.0 Å². The number of amides is 2. The third kappa shape index (κ3) is 5.91. The maximum Gasteiger partial charge on any atom is 0.319 e. The van der Waals surface area contributed by atoms with Crippen LogP contribution in [0, 0.1) is 0 Å². The van der Waals surface area contributed by atoms with Gasteiger partial charge in [0.05, 0.1) is 19.4 Å². The van der Waals surface area contributed by atoms with Crippen LogP contribution >= 0.6 is 31.9 Å². The van der Waals surface area contributed by atoms with E-state index in [1.165, 1.54) is 7.11 Å². The Hall–Kier alpha value is -1.77. The molecule has 2 amide bonds. The summed E-state index contributed by atoms with van der Waals surface area (Å²) in [6, 6.07) is 10.6. The standard InChI is InChI=1S/C17H18Br2N2O4/c1-24-16-8-11(2-5-15(16)25-7-6-22)10-20-17(23)21-14-9-12(18)3-4-13(14)19/h2-5,8-9,22H,6-7,10H2,1H3,(H2,20,21,23). The average Bonchev–Trinajstić information content (AvgIpc) is 2.61. The van der Waals surface area contributed by atoms with Crippen molar-refractivity contribution in [2.75, 3.05) is 25.6 Å². The van der Waals surface area contributed by atoms with Gasteiger partial charge in [-0.2, -0.15) is 0 Å². The number of hydrogen-bond acceptors (Lipinski definition) is 4. The normalized spacial score (nSPS) is 10.2. The topological polar surface area (TPSA) is 79.8 Å². The zero-order chi connectivity index (χ0) is 18.2. The van der Waals surface area contributed by atoms with E-state index in [0.717, 1.165) is 14.5 Å². The van der Waals surface area contributed by atoms with Crippen LogP contribution < -0.4 is 20.1 Å². The quantitative estimate of drug-likeness (QED) is 0.569. The second-order valence-electron chi connectivity index (χ2n) is 4.99. The molecule has 6 nitrogen and oxygen atoms in total. The van der Waals surface area contributed by atoms with E-state index in [4.69, 9.17) is 14.6 Å². The van der Waals surface area contributed by atoms with E-state index >= 15 is 0 Å². The van der Waals surface area contributed by atoms with Gasteiger partial charge in [-0.25, -0.2) is 4.79 Å². The van der Waals surface area contributed by atoms with Crippen LogP contribution in [0.3, 0.4) is 0 Å². The first kappa shape index (κ1) is 19.6. The highest BCUT2D eigenvalue weighted by atomic mass is 79.9. The summed E-state index contributed by atoms with van der Waals surface area (Å²) in [6.07, 6.45) is 0. The summed E-state index contributed by atoms with van der Waals surface area (Å²) in [5.74, 6) is 1.09. The lowest BCUT2D eigenvalue weighted by Crippen LogP contribution is -2.28. The van der Waals surface area contributed by atoms with Crippen molar-refractivity contribution in [3.63, 3.8) is 0 Å². The summed E-state index contributed by atoms with van der Waals surface area (Å²) in [4.78, 5) is 12.1. The summed E-state index contributed by atoms with van der Waals surface area (Å²) >= 11 is 6.76. The molecule has 0 aliphatic rings. The molecule has 8 heteroatoms. The molecule has 0 radical (unpaired) electrons. The molecular formula is C17H18Br2N2O4. The van der Waals surface area contributed by atoms with E-state index in [-0.39, 0.29) is 19.2 Å². The summed E-state index contributed by atoms with van der Waals surface area (Å²) in [5, 5.41) is 14.4. The molecule has 0 heterocycles. The average molecular weight is 474 g/mol. The minimum absolute atomic E-state index is 0.0716. The lowest BCUT2D eigenvalue weighted by atomic mass is 10.2. The SMILES string of the molecule is COc1cc(CNC(=O)Nc2cc(Br)ccc2Br)ccc1OCCO. The molecule has 0 atom stereocenters. The van der Waals surface area contributed by atoms with E-state index in [1.54, 1.807) is 18.2 Å². The summed E-state index contributed by atoms with van der Waals surface area (Å²) in [6.45, 7) is 0.448. The Balaban J connectivity index is 1.96. The highest BCUT2D eigenvalue weighted by molar-refractivity contribution is 9.11. The molecule has 134 valence electrons. The van der Waals surface area contributed by atoms with Crippen molar-refractivity contribution in [2.24, 2.45) is 0 Å². The Kier molecular flexibility index (Phi) is 7.54. The Bertz CT molecular complexity index is 741. The highest BCUT2D eigenvalue weighted by Gasteiger charge is 2.08. The van der Waals surface area contributed by atoms with Gasteiger partial charge in [0, 0.05) is 15.5 Å². The highest BCUT2D eigenvalue weighted by Crippen LogP contribution is 2.28. The summed E-state index contributed by atoms with van der Waals surface area (Å²) in [7, 11) is 1.54. The van der Waals surface area contributed by atoms with Crippen molar-refractivity contribution < 1.29 is 19.4 Å². The van der Waals surface area contributed by atoms with Gasteiger partial charge in [-0.15, -0.1) is 0 Å². The van der Waals surface area contributed by atoms with Crippen molar-refractivity contribution in [3.05, 3.63) is 50.9 Å². The number of ether oxygens (including phenoxy) is 2. The van der Waals surface area contributed by atoms with Crippen LogP contribution in [0.4, 0.5) is 10.5 Å². The molecule has 0 aliphatic carbocycles. The molecule has 0 aromatic heterocycles. The van der Waals surface area contributed by atoms with E-state index in [1.807, 2.05) is 18.2 Å². The van der Waals surface area contributed by atoms with Gasteiger partial charge >= 0.3 is 6.03 Å². The molecule has 0 aliphatic heterocycles. The number of methoxy groups -OCH3 is 1. The van der Waals surface area contributed by atoms with Crippen LogP contribution in [0.15, 0.2) is 45.3 Å². The van der Waals surface area contributed by atoms with E-state index < -0.39 is 0 Å². The van der Waals surface area contributed by atoms with Gasteiger partial charge in [-0.05, 0) is 51.8 Å². The van der Waals surface area contributed by atoms with Gasteiger partial charge in [-0.3, -0.25) is 0 Å². The minimum atomic E-state index is -0.321. The number of urea groups is 1. The van der Waals surface area contributed by atoms with Crippen LogP contribution in [0.2, 0.25) is 0 Å². The number of anilines is 1. The Labute approximate surface area is 162 Å². The smallest absolute Gasteiger partial charge is 0.319 e. The second kappa shape index (κ2) is 9.65. The number of benzene rings is 2. The lowest BCUT2D eigenvalue weighted by molar-refractivity contribution is 0.196. The number of halogens is 2. The van der Waals surface area contributed by atoms with Gasteiger partial charge in [0.1, 0.15) is 6.61 Å². The lowest BCUT2D eigenvalue weighted by Gasteiger charge is -2.13. The van der Waals surface area contributed by atoms with Gasteiger partial charge in [0.25, 0.3) is 0 Å². The van der Waals surface area contributed by atoms with Gasteiger partial charge in [0.2, 0.25) is 0 Å². The first-order valence-corrected chi connectivity index (χ1v) is 9.02. The fourth-order valence-electron chi connectivity index (χ4n) is 2.04. The van der Waals surface area contributed by atoms with E-state index in [9.17, 15) is 4.79 Å². The van der Waals surface area contributed by atoms with Crippen LogP contribution in [0.1, 0.15) is 5.56 Å². The maximum absolute atomic E-state index is 12.1. The third-order valence-corrected chi connectivity index (χ3v) is 4.39. The monoisotopic (exact) mass is 472 g/mol. The predicted octanol–water partition coefficient (Wildman–Crippen LogP) is 3.91. The molecular weight excluding hydrogens is 456 g/mol. The summed E-state index contributed by atoms with van der Waals surface area (Å²) in [5.41, 5.74) is 1.52. The van der Waals surface area contributed by atoms with Crippen molar-refractivity contribution in [1.29, 1.82) is 0 Å². The first-order valence-electron chi connectivity index (χ1n) is 7.44. The van der Waals surface area contributed by atoms with Crippen LogP contribution in [0.5, 0.6) is 11.5 Å². The Morgan fingerprint density at radius 1 is 1.16 bits per heavy atom. The number of rotatable bonds is 7.